The molecule has 1 atom stereocenters. The van der Waals surface area contributed by atoms with Crippen LogP contribution in [0, 0.1) is 5.92 Å². The average molecular weight is 316 g/mol. The first-order valence-electron chi connectivity index (χ1n) is 5.22. The lowest BCUT2D eigenvalue weighted by atomic mass is 10.1. The molecule has 1 aromatic carbocycles. The van der Waals surface area contributed by atoms with Gasteiger partial charge in [0.1, 0.15) is 11.7 Å². The monoisotopic (exact) mass is 315 g/mol. The number of amides is 1. The molecule has 0 aromatic heterocycles. The molecule has 0 aliphatic rings. The highest BCUT2D eigenvalue weighted by atomic mass is 79.9. The number of nitrogens with zero attached hydrogens (tertiary/aromatic N) is 1. The Balaban J connectivity index is 2.97. The minimum absolute atomic E-state index is 0.473. The Morgan fingerprint density at radius 3 is 2.50 bits per heavy atom. The summed E-state index contributed by atoms with van der Waals surface area (Å²) in [6, 6.07) is 5.09. The number of carboxylic acid groups (broad SMARTS) is 1. The smallest absolute Gasteiger partial charge is 0.315 e. The molecule has 1 rings (SSSR count). The van der Waals surface area contributed by atoms with E-state index in [-0.39, 0.29) is 0 Å². The zero-order chi connectivity index (χ0) is 13.9. The van der Waals surface area contributed by atoms with Crippen LogP contribution in [-0.2, 0) is 9.59 Å². The van der Waals surface area contributed by atoms with Gasteiger partial charge >= 0.3 is 5.97 Å². The van der Waals surface area contributed by atoms with Crippen molar-refractivity contribution in [3.63, 3.8) is 0 Å². The van der Waals surface area contributed by atoms with Gasteiger partial charge in [0.15, 0.2) is 0 Å². The van der Waals surface area contributed by atoms with Gasteiger partial charge in [-0.25, -0.2) is 0 Å². The van der Waals surface area contributed by atoms with Crippen LogP contribution in [0.3, 0.4) is 0 Å². The molecule has 0 saturated heterocycles. The number of hydrogen-bond donors (Lipinski definition) is 1. The molecule has 0 radical (unpaired) electrons. The molecule has 0 saturated carbocycles. The van der Waals surface area contributed by atoms with Gasteiger partial charge in [0.25, 0.3) is 0 Å². The van der Waals surface area contributed by atoms with Crippen molar-refractivity contribution in [1.29, 1.82) is 0 Å². The maximum absolute atomic E-state index is 11.8. The Kier molecular flexibility index (Phi) is 4.72. The average Bonchev–Trinajstić information content (AvgIpc) is 2.35. The summed E-state index contributed by atoms with van der Waals surface area (Å²) < 4.78 is 5.78. The van der Waals surface area contributed by atoms with Gasteiger partial charge in [0.05, 0.1) is 11.6 Å². The summed E-state index contributed by atoms with van der Waals surface area (Å²) in [4.78, 5) is 23.9. The SMILES string of the molecule is COc1ccc(N(C)C(=O)C(C)C(=O)O)cc1Br. The van der Waals surface area contributed by atoms with Crippen LogP contribution in [0.4, 0.5) is 5.69 Å². The highest BCUT2D eigenvalue weighted by Gasteiger charge is 2.25. The van der Waals surface area contributed by atoms with E-state index >= 15 is 0 Å². The van der Waals surface area contributed by atoms with Crippen LogP contribution in [0.1, 0.15) is 6.92 Å². The summed E-state index contributed by atoms with van der Waals surface area (Å²) in [5.41, 5.74) is 0.598. The lowest BCUT2D eigenvalue weighted by molar-refractivity contribution is -0.145. The molecule has 1 unspecified atom stereocenters. The highest BCUT2D eigenvalue weighted by Crippen LogP contribution is 2.29. The van der Waals surface area contributed by atoms with E-state index in [2.05, 4.69) is 15.9 Å². The molecule has 1 N–H and O–H groups in total. The van der Waals surface area contributed by atoms with E-state index in [4.69, 9.17) is 9.84 Å². The van der Waals surface area contributed by atoms with E-state index in [1.807, 2.05) is 0 Å². The minimum Gasteiger partial charge on any atom is -0.496 e. The van der Waals surface area contributed by atoms with Crippen molar-refractivity contribution in [2.45, 2.75) is 6.92 Å². The highest BCUT2D eigenvalue weighted by molar-refractivity contribution is 9.10. The number of rotatable bonds is 4. The molecule has 1 amide bonds. The van der Waals surface area contributed by atoms with Crippen LogP contribution >= 0.6 is 15.9 Å². The summed E-state index contributed by atoms with van der Waals surface area (Å²) >= 11 is 3.31. The number of anilines is 1. The molecular weight excluding hydrogens is 302 g/mol. The van der Waals surface area contributed by atoms with Gasteiger partial charge in [0.2, 0.25) is 5.91 Å². The second-order valence-electron chi connectivity index (χ2n) is 3.78. The van der Waals surface area contributed by atoms with Crippen molar-refractivity contribution < 1.29 is 19.4 Å². The molecule has 1 aromatic rings. The predicted octanol–water partition coefficient (Wildman–Crippen LogP) is 2.14. The Bertz CT molecular complexity index is 475. The van der Waals surface area contributed by atoms with Crippen molar-refractivity contribution in [1.82, 2.24) is 0 Å². The normalized spacial score (nSPS) is 11.8. The van der Waals surface area contributed by atoms with E-state index in [1.165, 1.54) is 18.9 Å². The first-order chi connectivity index (χ1) is 8.38. The molecule has 0 heterocycles. The number of aliphatic carboxylic acids is 1. The topological polar surface area (TPSA) is 66.8 Å². The van der Waals surface area contributed by atoms with Crippen LogP contribution in [0.5, 0.6) is 5.75 Å². The summed E-state index contributed by atoms with van der Waals surface area (Å²) in [5.74, 6) is -2.04. The van der Waals surface area contributed by atoms with Crippen LogP contribution < -0.4 is 9.64 Å². The second kappa shape index (κ2) is 5.86. The molecule has 0 fully saturated rings. The molecular formula is C12H14BrNO4. The number of methoxy groups -OCH3 is 1. The quantitative estimate of drug-likeness (QED) is 0.864. The summed E-state index contributed by atoms with van der Waals surface area (Å²) in [5, 5.41) is 8.81. The third-order valence-electron chi connectivity index (χ3n) is 2.59. The summed E-state index contributed by atoms with van der Waals surface area (Å²) in [6.45, 7) is 1.36. The van der Waals surface area contributed by atoms with Gasteiger partial charge < -0.3 is 14.7 Å². The first-order valence-corrected chi connectivity index (χ1v) is 6.01. The number of carbonyl (C=O) groups is 2. The standard InChI is InChI=1S/C12H14BrNO4/c1-7(12(16)17)11(15)14(2)8-4-5-10(18-3)9(13)6-8/h4-7H,1-3H3,(H,16,17). The van der Waals surface area contributed by atoms with Crippen LogP contribution in [0.25, 0.3) is 0 Å². The first kappa shape index (κ1) is 14.5. The minimum atomic E-state index is -1.14. The third-order valence-corrected chi connectivity index (χ3v) is 3.21. The second-order valence-corrected chi connectivity index (χ2v) is 4.63. The van der Waals surface area contributed by atoms with Crippen molar-refractivity contribution >= 4 is 33.5 Å². The number of ether oxygens (including phenoxy) is 1. The van der Waals surface area contributed by atoms with E-state index < -0.39 is 17.8 Å². The molecule has 0 bridgehead atoms. The van der Waals surface area contributed by atoms with Crippen molar-refractivity contribution in [2.24, 2.45) is 5.92 Å². The largest absolute Gasteiger partial charge is 0.496 e. The van der Waals surface area contributed by atoms with E-state index in [0.29, 0.717) is 15.9 Å². The van der Waals surface area contributed by atoms with E-state index in [1.54, 1.807) is 25.3 Å². The van der Waals surface area contributed by atoms with Crippen LogP contribution in [0.15, 0.2) is 22.7 Å². The molecule has 0 spiro atoms. The maximum Gasteiger partial charge on any atom is 0.315 e. The molecule has 6 heteroatoms. The van der Waals surface area contributed by atoms with Gasteiger partial charge in [0, 0.05) is 12.7 Å². The van der Waals surface area contributed by atoms with E-state index in [9.17, 15) is 9.59 Å². The van der Waals surface area contributed by atoms with Gasteiger partial charge in [-0.3, -0.25) is 9.59 Å². The van der Waals surface area contributed by atoms with Crippen LogP contribution in [-0.4, -0.2) is 31.1 Å². The third kappa shape index (κ3) is 3.01. The number of carboxylic acids is 1. The molecule has 0 aliphatic carbocycles. The Morgan fingerprint density at radius 1 is 1.44 bits per heavy atom. The van der Waals surface area contributed by atoms with Crippen LogP contribution in [0.2, 0.25) is 0 Å². The number of benzene rings is 1. The van der Waals surface area contributed by atoms with Crippen molar-refractivity contribution in [3.8, 4) is 5.75 Å². The fourth-order valence-electron chi connectivity index (χ4n) is 1.39. The molecule has 5 nitrogen and oxygen atoms in total. The zero-order valence-electron chi connectivity index (χ0n) is 10.3. The van der Waals surface area contributed by atoms with Gasteiger partial charge in [-0.1, -0.05) is 0 Å². The van der Waals surface area contributed by atoms with Crippen molar-refractivity contribution in [2.75, 3.05) is 19.1 Å². The van der Waals surface area contributed by atoms with Gasteiger partial charge in [-0.05, 0) is 41.1 Å². The molecule has 98 valence electrons. The number of carbonyl (C=O) groups excluding carboxylic acids is 1. The number of hydrogen-bond acceptors (Lipinski definition) is 3. The lowest BCUT2D eigenvalue weighted by Gasteiger charge is -2.20. The Hall–Kier alpha value is -1.56. The Morgan fingerprint density at radius 2 is 2.06 bits per heavy atom. The zero-order valence-corrected chi connectivity index (χ0v) is 11.9. The lowest BCUT2D eigenvalue weighted by Crippen LogP contribution is -2.35. The van der Waals surface area contributed by atoms with Gasteiger partial charge in [-0.15, -0.1) is 0 Å². The predicted molar refractivity (Wildman–Crippen MR) is 70.9 cm³/mol. The summed E-state index contributed by atoms with van der Waals surface area (Å²) in [6.07, 6.45) is 0. The van der Waals surface area contributed by atoms with E-state index in [0.717, 1.165) is 0 Å². The van der Waals surface area contributed by atoms with Gasteiger partial charge in [-0.2, -0.15) is 0 Å². The fraction of sp³-hybridized carbons (Fsp3) is 0.333. The maximum atomic E-state index is 11.8. The molecule has 18 heavy (non-hydrogen) atoms. The van der Waals surface area contributed by atoms with Crippen molar-refractivity contribution in [3.05, 3.63) is 22.7 Å². The molecule has 0 aliphatic heterocycles. The fourth-order valence-corrected chi connectivity index (χ4v) is 1.92. The Labute approximate surface area is 113 Å². The summed E-state index contributed by atoms with van der Waals surface area (Å²) in [7, 11) is 3.08. The number of halogens is 1.